The van der Waals surface area contributed by atoms with Crippen molar-refractivity contribution in [1.29, 1.82) is 0 Å². The molecule has 0 aliphatic rings. The normalized spacial score (nSPS) is 7.20. The number of hydrogen-bond donors (Lipinski definition) is 2. The fourth-order valence-corrected chi connectivity index (χ4v) is 0. The summed E-state index contributed by atoms with van der Waals surface area (Å²) in [4.78, 5) is 0. The minimum Gasteiger partial charge on any atom is -0.514 e. The first-order chi connectivity index (χ1) is 1.91. The van der Waals surface area contributed by atoms with Crippen LogP contribution >= 0.6 is 0 Å². The van der Waals surface area contributed by atoms with Crippen LogP contribution in [0.4, 0.5) is 0 Å². The third-order valence-electron chi connectivity index (χ3n) is 0.0861. The predicted molar refractivity (Wildman–Crippen MR) is 22.7 cm³/mol. The minimum absolute atomic E-state index is 0. The molecule has 0 aromatic heterocycles. The highest BCUT2D eigenvalue weighted by Crippen LogP contribution is 1.38. The van der Waals surface area contributed by atoms with Crippen LogP contribution in [0, 0.1) is 0 Å². The Hall–Kier alpha value is -0.660. The molecule has 0 radical (unpaired) electrons. The lowest BCUT2D eigenvalue weighted by molar-refractivity contribution is 0.472. The molecule has 3 N–H and O–H groups in total. The molecule has 0 aromatic carbocycles. The van der Waals surface area contributed by atoms with Gasteiger partial charge in [0, 0.05) is 6.20 Å². The van der Waals surface area contributed by atoms with E-state index < -0.39 is 0 Å². The van der Waals surface area contributed by atoms with Gasteiger partial charge in [-0.3, -0.25) is 0 Å². The van der Waals surface area contributed by atoms with Gasteiger partial charge in [-0.25, -0.2) is 0 Å². The lowest BCUT2D eigenvalue weighted by Gasteiger charge is -1.56. The first kappa shape index (κ1) is 8.84. The Bertz CT molecular complexity index is 22.1. The van der Waals surface area contributed by atoms with Crippen molar-refractivity contribution in [2.75, 3.05) is 0 Å². The molecule has 2 heteroatoms. The van der Waals surface area contributed by atoms with Crippen LogP contribution in [0.15, 0.2) is 12.5 Å². The van der Waals surface area contributed by atoms with Gasteiger partial charge in [0.15, 0.2) is 0 Å². The molecule has 0 aliphatic carbocycles. The Morgan fingerprint density at radius 1 is 1.60 bits per heavy atom. The summed E-state index contributed by atoms with van der Waals surface area (Å²) in [6, 6.07) is 0. The largest absolute Gasteiger partial charge is 0.514 e. The van der Waals surface area contributed by atoms with E-state index in [0.29, 0.717) is 0 Å². The van der Waals surface area contributed by atoms with Gasteiger partial charge in [-0.05, 0) is 0 Å². The van der Waals surface area contributed by atoms with Gasteiger partial charge in [0.25, 0.3) is 0 Å². The summed E-state index contributed by atoms with van der Waals surface area (Å²) in [6.07, 6.45) is 1.83. The van der Waals surface area contributed by atoms with Crippen LogP contribution in [-0.4, -0.2) is 5.11 Å². The van der Waals surface area contributed by atoms with Crippen molar-refractivity contribution in [1.82, 2.24) is 0 Å². The monoisotopic (exact) mass is 75.1 g/mol. The molecule has 0 fully saturated rings. The molecule has 2 nitrogen and oxygen atoms in total. The molecular formula is C3H9NO. The lowest BCUT2D eigenvalue weighted by Crippen LogP contribution is -1.71. The quantitative estimate of drug-likeness (QED) is 0.414. The summed E-state index contributed by atoms with van der Waals surface area (Å²) in [5, 5.41) is 7.57. The van der Waals surface area contributed by atoms with E-state index in [0.717, 1.165) is 12.5 Å². The predicted octanol–water partition coefficient (Wildman–Crippen LogP) is 0.610. The molecule has 0 amide bonds. The van der Waals surface area contributed by atoms with Crippen molar-refractivity contribution in [3.05, 3.63) is 12.5 Å². The van der Waals surface area contributed by atoms with Crippen molar-refractivity contribution in [2.24, 2.45) is 5.73 Å². The Morgan fingerprint density at radius 3 is 1.80 bits per heavy atom. The van der Waals surface area contributed by atoms with Crippen LogP contribution in [0.1, 0.15) is 7.43 Å². The van der Waals surface area contributed by atoms with Crippen molar-refractivity contribution < 1.29 is 5.11 Å². The van der Waals surface area contributed by atoms with Gasteiger partial charge in [0.1, 0.15) is 0 Å². The molecule has 0 saturated carbocycles. The third kappa shape index (κ3) is 51.9. The maximum Gasteiger partial charge on any atom is 0.0946 e. The zero-order valence-electron chi connectivity index (χ0n) is 2.18. The molecule has 0 aromatic rings. The molecule has 0 atom stereocenters. The van der Waals surface area contributed by atoms with E-state index in [1.807, 2.05) is 0 Å². The van der Waals surface area contributed by atoms with Crippen LogP contribution in [-0.2, 0) is 0 Å². The average Bonchev–Trinajstić information content (AvgIpc) is 1.37. The zero-order valence-corrected chi connectivity index (χ0v) is 2.18. The van der Waals surface area contributed by atoms with Crippen LogP contribution in [0.25, 0.3) is 0 Å². The van der Waals surface area contributed by atoms with E-state index in [2.05, 4.69) is 5.73 Å². The summed E-state index contributed by atoms with van der Waals surface area (Å²) in [5.41, 5.74) is 4.60. The summed E-state index contributed by atoms with van der Waals surface area (Å²) >= 11 is 0. The number of rotatable bonds is 0. The van der Waals surface area contributed by atoms with Gasteiger partial charge < -0.3 is 10.8 Å². The molecule has 0 rings (SSSR count). The highest BCUT2D eigenvalue weighted by atomic mass is 16.2. The van der Waals surface area contributed by atoms with Gasteiger partial charge in [-0.1, -0.05) is 7.43 Å². The third-order valence-corrected chi connectivity index (χ3v) is 0.0861. The smallest absolute Gasteiger partial charge is 0.0946 e. The maximum atomic E-state index is 7.57. The van der Waals surface area contributed by atoms with Gasteiger partial charge in [0.2, 0.25) is 0 Å². The molecule has 0 heterocycles. The van der Waals surface area contributed by atoms with Crippen LogP contribution in [0.3, 0.4) is 0 Å². The fraction of sp³-hybridized carbons (Fsp3) is 0.333. The van der Waals surface area contributed by atoms with E-state index in [1.165, 1.54) is 0 Å². The minimum atomic E-state index is 0. The molecule has 0 spiro atoms. The van der Waals surface area contributed by atoms with Crippen molar-refractivity contribution in [3.8, 4) is 0 Å². The van der Waals surface area contributed by atoms with Crippen LogP contribution in [0.2, 0.25) is 0 Å². The van der Waals surface area contributed by atoms with E-state index in [-0.39, 0.29) is 7.43 Å². The summed E-state index contributed by atoms with van der Waals surface area (Å²) in [6.45, 7) is 0. The molecule has 0 aliphatic heterocycles. The summed E-state index contributed by atoms with van der Waals surface area (Å²) in [7, 11) is 0. The Balaban J connectivity index is 0. The lowest BCUT2D eigenvalue weighted by atomic mass is 11.0. The fourth-order valence-electron chi connectivity index (χ4n) is 0. The van der Waals surface area contributed by atoms with Crippen molar-refractivity contribution in [2.45, 2.75) is 7.43 Å². The van der Waals surface area contributed by atoms with E-state index in [4.69, 9.17) is 5.11 Å². The molecule has 32 valence electrons. The Morgan fingerprint density at radius 2 is 1.80 bits per heavy atom. The number of aliphatic hydroxyl groups is 1. The SMILES string of the molecule is C.N/C=C\O. The maximum absolute atomic E-state index is 7.57. The van der Waals surface area contributed by atoms with Crippen LogP contribution in [0.5, 0.6) is 0 Å². The van der Waals surface area contributed by atoms with Gasteiger partial charge in [0.05, 0.1) is 6.26 Å². The highest BCUT2D eigenvalue weighted by Gasteiger charge is 1.33. The van der Waals surface area contributed by atoms with E-state index in [9.17, 15) is 0 Å². The van der Waals surface area contributed by atoms with Crippen molar-refractivity contribution in [3.63, 3.8) is 0 Å². The molecule has 0 bridgehead atoms. The molecule has 0 unspecified atom stereocenters. The second kappa shape index (κ2) is 10.2. The summed E-state index contributed by atoms with van der Waals surface area (Å²) < 4.78 is 0. The highest BCUT2D eigenvalue weighted by molar-refractivity contribution is 4.58. The summed E-state index contributed by atoms with van der Waals surface area (Å²) in [5.74, 6) is 0. The number of nitrogens with two attached hydrogens (primary N) is 1. The van der Waals surface area contributed by atoms with Gasteiger partial charge in [-0.2, -0.15) is 0 Å². The van der Waals surface area contributed by atoms with E-state index >= 15 is 0 Å². The van der Waals surface area contributed by atoms with Gasteiger partial charge in [-0.15, -0.1) is 0 Å². The van der Waals surface area contributed by atoms with Crippen molar-refractivity contribution >= 4 is 0 Å². The molecule has 5 heavy (non-hydrogen) atoms. The van der Waals surface area contributed by atoms with Crippen LogP contribution < -0.4 is 5.73 Å². The Labute approximate surface area is 31.9 Å². The number of hydrogen-bond acceptors (Lipinski definition) is 2. The topological polar surface area (TPSA) is 46.2 Å². The van der Waals surface area contributed by atoms with Gasteiger partial charge >= 0.3 is 0 Å². The Kier molecular flexibility index (Phi) is 18.0. The average molecular weight is 75.1 g/mol. The zero-order chi connectivity index (χ0) is 3.41. The molecular weight excluding hydrogens is 66.0 g/mol. The molecule has 0 saturated heterocycles. The second-order valence-corrected chi connectivity index (χ2v) is 0.342. The second-order valence-electron chi connectivity index (χ2n) is 0.342. The first-order valence-corrected chi connectivity index (χ1v) is 0.925. The number of aliphatic hydroxyl groups excluding tert-OH is 1. The van der Waals surface area contributed by atoms with E-state index in [1.54, 1.807) is 0 Å². The first-order valence-electron chi connectivity index (χ1n) is 0.925. The standard InChI is InChI=1S/C2H5NO.CH4/c3-1-2-4;/h1-2,4H,3H2;1H4/b2-1-;.